The summed E-state index contributed by atoms with van der Waals surface area (Å²) in [5.41, 5.74) is 1.26. The van der Waals surface area contributed by atoms with E-state index in [1.807, 2.05) is 19.1 Å². The van der Waals surface area contributed by atoms with Crippen molar-refractivity contribution >= 4 is 11.9 Å². The molecule has 0 fully saturated rings. The van der Waals surface area contributed by atoms with E-state index in [0.717, 1.165) is 63.4 Å². The van der Waals surface area contributed by atoms with Gasteiger partial charge in [0.25, 0.3) is 0 Å². The number of guanidine groups is 1. The van der Waals surface area contributed by atoms with E-state index in [1.54, 1.807) is 7.11 Å². The molecule has 152 valence electrons. The second kappa shape index (κ2) is 14.9. The van der Waals surface area contributed by atoms with Crippen molar-refractivity contribution in [3.8, 4) is 5.75 Å². The molecule has 0 atom stereocenters. The minimum absolute atomic E-state index is 0.0917. The average molecular weight is 378 g/mol. The summed E-state index contributed by atoms with van der Waals surface area (Å²) in [4.78, 5) is 15.9. The largest absolute Gasteiger partial charge is 0.497 e. The fourth-order valence-corrected chi connectivity index (χ4v) is 2.62. The van der Waals surface area contributed by atoms with Gasteiger partial charge in [-0.05, 0) is 50.8 Å². The van der Waals surface area contributed by atoms with Gasteiger partial charge >= 0.3 is 5.97 Å². The van der Waals surface area contributed by atoms with E-state index in [-0.39, 0.29) is 5.97 Å². The van der Waals surface area contributed by atoms with Gasteiger partial charge in [-0.2, -0.15) is 0 Å². The highest BCUT2D eigenvalue weighted by Gasteiger charge is 2.01. The quantitative estimate of drug-likeness (QED) is 0.239. The Hall–Kier alpha value is -2.24. The lowest BCUT2D eigenvalue weighted by atomic mass is 10.1. The number of nitrogens with zero attached hydrogens (tertiary/aromatic N) is 1. The summed E-state index contributed by atoms with van der Waals surface area (Å²) in [5, 5.41) is 6.65. The normalized spacial score (nSPS) is 11.1. The van der Waals surface area contributed by atoms with Gasteiger partial charge in [-0.3, -0.25) is 9.79 Å². The Morgan fingerprint density at radius 2 is 1.78 bits per heavy atom. The molecular weight excluding hydrogens is 342 g/mol. The van der Waals surface area contributed by atoms with Crippen molar-refractivity contribution in [1.82, 2.24) is 10.6 Å². The predicted octanol–water partition coefficient (Wildman–Crippen LogP) is 3.31. The number of unbranched alkanes of at least 4 members (excludes halogenated alkanes) is 3. The van der Waals surface area contributed by atoms with Gasteiger partial charge < -0.3 is 20.1 Å². The Bertz CT molecular complexity index is 544. The van der Waals surface area contributed by atoms with Gasteiger partial charge in [0.05, 0.1) is 13.7 Å². The minimum atomic E-state index is -0.0917. The number of aliphatic imine (C=N–C) groups is 1. The molecule has 0 amide bonds. The van der Waals surface area contributed by atoms with Crippen molar-refractivity contribution in [2.45, 2.75) is 52.4 Å². The summed E-state index contributed by atoms with van der Waals surface area (Å²) in [6.07, 6.45) is 5.49. The van der Waals surface area contributed by atoms with E-state index >= 15 is 0 Å². The van der Waals surface area contributed by atoms with Gasteiger partial charge in [0.15, 0.2) is 5.96 Å². The molecule has 0 saturated carbocycles. The van der Waals surface area contributed by atoms with Crippen LogP contribution >= 0.6 is 0 Å². The van der Waals surface area contributed by atoms with Crippen LogP contribution in [-0.4, -0.2) is 45.3 Å². The highest BCUT2D eigenvalue weighted by atomic mass is 16.5. The SMILES string of the molecule is CCNC(=NCCCCCCC(=O)OCC)NCCc1ccc(OC)cc1. The summed E-state index contributed by atoms with van der Waals surface area (Å²) < 4.78 is 10.1. The molecule has 0 heterocycles. The van der Waals surface area contributed by atoms with E-state index in [4.69, 9.17) is 9.47 Å². The molecule has 0 aliphatic rings. The number of carbonyl (C=O) groups excluding carboxylic acids is 1. The van der Waals surface area contributed by atoms with Crippen LogP contribution in [0.1, 0.15) is 51.5 Å². The van der Waals surface area contributed by atoms with Crippen molar-refractivity contribution in [3.63, 3.8) is 0 Å². The van der Waals surface area contributed by atoms with Gasteiger partial charge in [-0.15, -0.1) is 0 Å². The standard InChI is InChI=1S/C21H35N3O3/c1-4-22-21(23-16-9-7-6-8-10-20(25)27-5-2)24-17-15-18-11-13-19(26-3)14-12-18/h11-14H,4-10,15-17H2,1-3H3,(H2,22,23,24). The zero-order valence-corrected chi connectivity index (χ0v) is 17.1. The van der Waals surface area contributed by atoms with Crippen LogP contribution in [0.3, 0.4) is 0 Å². The topological polar surface area (TPSA) is 72.0 Å². The van der Waals surface area contributed by atoms with Gasteiger partial charge in [0.2, 0.25) is 0 Å². The van der Waals surface area contributed by atoms with Crippen molar-refractivity contribution in [2.75, 3.05) is 33.4 Å². The molecule has 0 aliphatic carbocycles. The highest BCUT2D eigenvalue weighted by Crippen LogP contribution is 2.11. The molecule has 0 bridgehead atoms. The van der Waals surface area contributed by atoms with E-state index in [0.29, 0.717) is 13.0 Å². The number of carbonyl (C=O) groups is 1. The minimum Gasteiger partial charge on any atom is -0.497 e. The lowest BCUT2D eigenvalue weighted by Crippen LogP contribution is -2.38. The maximum Gasteiger partial charge on any atom is 0.305 e. The van der Waals surface area contributed by atoms with Crippen LogP contribution < -0.4 is 15.4 Å². The molecule has 27 heavy (non-hydrogen) atoms. The third-order valence-electron chi connectivity index (χ3n) is 4.07. The molecule has 0 saturated heterocycles. The van der Waals surface area contributed by atoms with Crippen LogP contribution in [0.4, 0.5) is 0 Å². The Kier molecular flexibility index (Phi) is 12.6. The molecule has 1 aromatic rings. The molecule has 0 aromatic heterocycles. The number of rotatable bonds is 13. The van der Waals surface area contributed by atoms with Crippen molar-refractivity contribution in [3.05, 3.63) is 29.8 Å². The third kappa shape index (κ3) is 11.2. The van der Waals surface area contributed by atoms with Crippen LogP contribution in [0.2, 0.25) is 0 Å². The Morgan fingerprint density at radius 1 is 1.04 bits per heavy atom. The van der Waals surface area contributed by atoms with Crippen LogP contribution in [0, 0.1) is 0 Å². The van der Waals surface area contributed by atoms with E-state index < -0.39 is 0 Å². The smallest absolute Gasteiger partial charge is 0.305 e. The van der Waals surface area contributed by atoms with Gasteiger partial charge in [-0.1, -0.05) is 25.0 Å². The van der Waals surface area contributed by atoms with Crippen LogP contribution in [0.25, 0.3) is 0 Å². The molecule has 0 radical (unpaired) electrons. The zero-order valence-electron chi connectivity index (χ0n) is 17.1. The van der Waals surface area contributed by atoms with Crippen molar-refractivity contribution < 1.29 is 14.3 Å². The molecule has 1 aromatic carbocycles. The summed E-state index contributed by atoms with van der Waals surface area (Å²) in [7, 11) is 1.68. The second-order valence-electron chi connectivity index (χ2n) is 6.25. The number of nitrogens with one attached hydrogen (secondary N) is 2. The Morgan fingerprint density at radius 3 is 2.44 bits per heavy atom. The van der Waals surface area contributed by atoms with E-state index in [9.17, 15) is 4.79 Å². The molecule has 1 rings (SSSR count). The average Bonchev–Trinajstić information content (AvgIpc) is 2.68. The number of ether oxygens (including phenoxy) is 2. The summed E-state index contributed by atoms with van der Waals surface area (Å²) in [6, 6.07) is 8.13. The van der Waals surface area contributed by atoms with Crippen LogP contribution in [0.5, 0.6) is 5.75 Å². The fraction of sp³-hybridized carbons (Fsp3) is 0.619. The Labute approximate surface area is 163 Å². The van der Waals surface area contributed by atoms with Crippen molar-refractivity contribution in [2.24, 2.45) is 4.99 Å². The lowest BCUT2D eigenvalue weighted by Gasteiger charge is -2.11. The maximum absolute atomic E-state index is 11.3. The number of hydrogen-bond acceptors (Lipinski definition) is 4. The van der Waals surface area contributed by atoms with E-state index in [1.165, 1.54) is 5.56 Å². The van der Waals surface area contributed by atoms with Gasteiger partial charge in [0, 0.05) is 26.1 Å². The molecular formula is C21H35N3O3. The Balaban J connectivity index is 2.20. The highest BCUT2D eigenvalue weighted by molar-refractivity contribution is 5.79. The number of hydrogen-bond donors (Lipinski definition) is 2. The molecule has 6 heteroatoms. The maximum atomic E-state index is 11.3. The first kappa shape index (κ1) is 22.8. The number of methoxy groups -OCH3 is 1. The van der Waals surface area contributed by atoms with E-state index in [2.05, 4.69) is 34.7 Å². The summed E-state index contributed by atoms with van der Waals surface area (Å²) in [5.74, 6) is 1.65. The lowest BCUT2D eigenvalue weighted by molar-refractivity contribution is -0.143. The summed E-state index contributed by atoms with van der Waals surface area (Å²) in [6.45, 7) is 6.83. The molecule has 0 spiro atoms. The molecule has 0 aliphatic heterocycles. The number of esters is 1. The van der Waals surface area contributed by atoms with Gasteiger partial charge in [0.1, 0.15) is 5.75 Å². The fourth-order valence-electron chi connectivity index (χ4n) is 2.62. The molecule has 0 unspecified atom stereocenters. The van der Waals surface area contributed by atoms with Crippen LogP contribution in [0.15, 0.2) is 29.3 Å². The van der Waals surface area contributed by atoms with Crippen LogP contribution in [-0.2, 0) is 16.0 Å². The van der Waals surface area contributed by atoms with Crippen molar-refractivity contribution in [1.29, 1.82) is 0 Å². The molecule has 6 nitrogen and oxygen atoms in total. The van der Waals surface area contributed by atoms with Gasteiger partial charge in [-0.25, -0.2) is 0 Å². The first-order valence-corrected chi connectivity index (χ1v) is 10.00. The predicted molar refractivity (Wildman–Crippen MR) is 110 cm³/mol. The first-order chi connectivity index (χ1) is 13.2. The zero-order chi connectivity index (χ0) is 19.7. The number of benzene rings is 1. The first-order valence-electron chi connectivity index (χ1n) is 10.00. The summed E-state index contributed by atoms with van der Waals surface area (Å²) >= 11 is 0. The monoisotopic (exact) mass is 377 g/mol. The second-order valence-corrected chi connectivity index (χ2v) is 6.25. The molecule has 2 N–H and O–H groups in total. The third-order valence-corrected chi connectivity index (χ3v) is 4.07.